The van der Waals surface area contributed by atoms with Crippen LogP contribution in [0.2, 0.25) is 5.02 Å². The summed E-state index contributed by atoms with van der Waals surface area (Å²) in [5, 5.41) is 3.58. The molecule has 2 aromatic carbocycles. The fraction of sp³-hybridized carbons (Fsp3) is 0.286. The highest BCUT2D eigenvalue weighted by Gasteiger charge is 2.37. The van der Waals surface area contributed by atoms with E-state index in [1.54, 1.807) is 19.2 Å². The first-order chi connectivity index (χ1) is 13.2. The first kappa shape index (κ1) is 20.4. The van der Waals surface area contributed by atoms with Crippen LogP contribution in [0.15, 0.2) is 41.4 Å². The number of carbonyl (C=O) groups excluding carboxylic acids is 2. The third-order valence-electron chi connectivity index (χ3n) is 4.57. The minimum atomic E-state index is -0.492. The highest BCUT2D eigenvalue weighted by Crippen LogP contribution is 2.32. The Labute approximate surface area is 174 Å². The van der Waals surface area contributed by atoms with Crippen molar-refractivity contribution in [2.75, 3.05) is 12.4 Å². The minimum Gasteiger partial charge on any atom is -0.326 e. The molecule has 0 radical (unpaired) electrons. The molecule has 3 rings (SSSR count). The molecule has 0 bridgehead atoms. The number of benzene rings is 2. The molecule has 0 aliphatic carbocycles. The molecule has 1 heterocycles. The van der Waals surface area contributed by atoms with E-state index in [1.165, 1.54) is 16.7 Å². The van der Waals surface area contributed by atoms with Gasteiger partial charge in [0.25, 0.3) is 0 Å². The van der Waals surface area contributed by atoms with Gasteiger partial charge in [0.05, 0.1) is 5.69 Å². The molecule has 2 amide bonds. The Balaban J connectivity index is 1.73. The van der Waals surface area contributed by atoms with Gasteiger partial charge in [0.1, 0.15) is 5.25 Å². The van der Waals surface area contributed by atoms with Crippen LogP contribution < -0.4 is 5.32 Å². The molecule has 1 fully saturated rings. The maximum absolute atomic E-state index is 12.6. The molecular formula is C21H22ClN3O2S. The van der Waals surface area contributed by atoms with Gasteiger partial charge in [0, 0.05) is 24.2 Å². The Morgan fingerprint density at radius 3 is 2.64 bits per heavy atom. The Bertz CT molecular complexity index is 974. The fourth-order valence-electron chi connectivity index (χ4n) is 2.84. The number of anilines is 1. The Kier molecular flexibility index (Phi) is 6.10. The van der Waals surface area contributed by atoms with Gasteiger partial charge < -0.3 is 5.32 Å². The van der Waals surface area contributed by atoms with Crippen molar-refractivity contribution in [3.8, 4) is 0 Å². The SMILES string of the molecule is Cc1ccc(C)c(NC(=O)C[C@H]2SC(=Nc3cc(Cl)ccc3C)N(C)C2=O)c1. The number of aryl methyl sites for hydroxylation is 3. The van der Waals surface area contributed by atoms with Crippen LogP contribution in [0.3, 0.4) is 0 Å². The van der Waals surface area contributed by atoms with E-state index in [1.807, 2.05) is 45.0 Å². The number of hydrogen-bond donors (Lipinski definition) is 1. The number of halogens is 1. The number of amides is 2. The molecule has 1 aliphatic rings. The molecule has 1 aliphatic heterocycles. The summed E-state index contributed by atoms with van der Waals surface area (Å²) in [6.45, 7) is 5.85. The van der Waals surface area contributed by atoms with Gasteiger partial charge >= 0.3 is 0 Å². The van der Waals surface area contributed by atoms with Crippen molar-refractivity contribution in [1.82, 2.24) is 4.90 Å². The van der Waals surface area contributed by atoms with Crippen molar-refractivity contribution >= 4 is 51.7 Å². The summed E-state index contributed by atoms with van der Waals surface area (Å²) < 4.78 is 0. The second kappa shape index (κ2) is 8.37. The molecule has 0 saturated carbocycles. The van der Waals surface area contributed by atoms with Crippen molar-refractivity contribution in [2.24, 2.45) is 4.99 Å². The Morgan fingerprint density at radius 2 is 1.89 bits per heavy atom. The molecule has 1 atom stereocenters. The standard InChI is InChI=1S/C21H22ClN3O2S/c1-12-5-6-13(2)16(9-12)23-19(26)11-18-20(27)25(4)21(28-18)24-17-10-15(22)8-7-14(17)3/h5-10,18H,11H2,1-4H3,(H,23,26)/t18-/m1/s1. The number of aliphatic imine (C=N–C) groups is 1. The van der Waals surface area contributed by atoms with Crippen molar-refractivity contribution in [3.63, 3.8) is 0 Å². The molecule has 146 valence electrons. The molecule has 28 heavy (non-hydrogen) atoms. The quantitative estimate of drug-likeness (QED) is 0.775. The normalized spacial score (nSPS) is 18.0. The zero-order valence-electron chi connectivity index (χ0n) is 16.2. The number of carbonyl (C=O) groups is 2. The van der Waals surface area contributed by atoms with E-state index in [0.717, 1.165) is 28.1 Å². The molecule has 1 N–H and O–H groups in total. The average molecular weight is 416 g/mol. The largest absolute Gasteiger partial charge is 0.326 e. The molecule has 0 unspecified atom stereocenters. The first-order valence-corrected chi connectivity index (χ1v) is 10.2. The number of nitrogens with zero attached hydrogens (tertiary/aromatic N) is 2. The molecule has 1 saturated heterocycles. The third-order valence-corrected chi connectivity index (χ3v) is 6.03. The van der Waals surface area contributed by atoms with Crippen molar-refractivity contribution in [3.05, 3.63) is 58.1 Å². The predicted molar refractivity (Wildman–Crippen MR) is 117 cm³/mol. The highest BCUT2D eigenvalue weighted by molar-refractivity contribution is 8.15. The van der Waals surface area contributed by atoms with E-state index >= 15 is 0 Å². The van der Waals surface area contributed by atoms with Gasteiger partial charge in [0.2, 0.25) is 11.8 Å². The molecule has 0 aromatic heterocycles. The zero-order chi connectivity index (χ0) is 20.4. The van der Waals surface area contributed by atoms with E-state index in [9.17, 15) is 9.59 Å². The first-order valence-electron chi connectivity index (χ1n) is 8.91. The highest BCUT2D eigenvalue weighted by atomic mass is 35.5. The molecule has 2 aromatic rings. The fourth-order valence-corrected chi connectivity index (χ4v) is 4.16. The second-order valence-corrected chi connectivity index (χ2v) is 8.51. The van der Waals surface area contributed by atoms with Crippen LogP contribution in [0.1, 0.15) is 23.1 Å². The Hall–Kier alpha value is -2.31. The summed E-state index contributed by atoms with van der Waals surface area (Å²) in [5.41, 5.74) is 4.51. The van der Waals surface area contributed by atoms with Crippen LogP contribution in [-0.2, 0) is 9.59 Å². The van der Waals surface area contributed by atoms with E-state index in [0.29, 0.717) is 10.2 Å². The van der Waals surface area contributed by atoms with Crippen molar-refractivity contribution in [2.45, 2.75) is 32.4 Å². The topological polar surface area (TPSA) is 61.8 Å². The molecule has 7 heteroatoms. The van der Waals surface area contributed by atoms with Gasteiger partial charge in [-0.25, -0.2) is 4.99 Å². The van der Waals surface area contributed by atoms with Crippen molar-refractivity contribution in [1.29, 1.82) is 0 Å². The van der Waals surface area contributed by atoms with Gasteiger partial charge in [-0.05, 0) is 55.7 Å². The summed E-state index contributed by atoms with van der Waals surface area (Å²) in [6.07, 6.45) is 0.0920. The summed E-state index contributed by atoms with van der Waals surface area (Å²) >= 11 is 7.36. The van der Waals surface area contributed by atoms with Crippen LogP contribution in [0.4, 0.5) is 11.4 Å². The lowest BCUT2D eigenvalue weighted by Crippen LogP contribution is -2.30. The van der Waals surface area contributed by atoms with E-state index in [4.69, 9.17) is 11.6 Å². The molecule has 5 nitrogen and oxygen atoms in total. The number of amidine groups is 1. The van der Waals surface area contributed by atoms with E-state index in [-0.39, 0.29) is 18.2 Å². The predicted octanol–water partition coefficient (Wildman–Crippen LogP) is 4.86. The van der Waals surface area contributed by atoms with Crippen LogP contribution in [0.25, 0.3) is 0 Å². The third kappa shape index (κ3) is 4.56. The number of thioether (sulfide) groups is 1. The minimum absolute atomic E-state index is 0.0920. The van der Waals surface area contributed by atoms with Gasteiger partial charge in [-0.3, -0.25) is 14.5 Å². The lowest BCUT2D eigenvalue weighted by Gasteiger charge is -2.11. The summed E-state index contributed by atoms with van der Waals surface area (Å²) in [7, 11) is 1.68. The number of nitrogens with one attached hydrogen (secondary N) is 1. The van der Waals surface area contributed by atoms with Gasteiger partial charge in [0.15, 0.2) is 5.17 Å². The monoisotopic (exact) mass is 415 g/mol. The zero-order valence-corrected chi connectivity index (χ0v) is 17.8. The maximum atomic E-state index is 12.6. The lowest BCUT2D eigenvalue weighted by molar-refractivity contribution is -0.127. The van der Waals surface area contributed by atoms with E-state index in [2.05, 4.69) is 10.3 Å². The number of rotatable bonds is 4. The average Bonchev–Trinajstić information content (AvgIpc) is 2.89. The van der Waals surface area contributed by atoms with Crippen LogP contribution in [0.5, 0.6) is 0 Å². The van der Waals surface area contributed by atoms with Crippen LogP contribution in [-0.4, -0.2) is 34.2 Å². The maximum Gasteiger partial charge on any atom is 0.242 e. The Morgan fingerprint density at radius 1 is 1.18 bits per heavy atom. The van der Waals surface area contributed by atoms with Gasteiger partial charge in [-0.2, -0.15) is 0 Å². The summed E-state index contributed by atoms with van der Waals surface area (Å²) in [5.74, 6) is -0.312. The smallest absolute Gasteiger partial charge is 0.242 e. The summed E-state index contributed by atoms with van der Waals surface area (Å²) in [6, 6.07) is 11.3. The number of hydrogen-bond acceptors (Lipinski definition) is 4. The lowest BCUT2D eigenvalue weighted by atomic mass is 10.1. The summed E-state index contributed by atoms with van der Waals surface area (Å²) in [4.78, 5) is 31.2. The van der Waals surface area contributed by atoms with Gasteiger partial charge in [-0.15, -0.1) is 0 Å². The van der Waals surface area contributed by atoms with E-state index < -0.39 is 5.25 Å². The van der Waals surface area contributed by atoms with Crippen molar-refractivity contribution < 1.29 is 9.59 Å². The van der Waals surface area contributed by atoms with Crippen LogP contribution in [0, 0.1) is 20.8 Å². The molecular weight excluding hydrogens is 394 g/mol. The van der Waals surface area contributed by atoms with Gasteiger partial charge in [-0.1, -0.05) is 41.6 Å². The second-order valence-electron chi connectivity index (χ2n) is 6.90. The van der Waals surface area contributed by atoms with Crippen LogP contribution >= 0.6 is 23.4 Å². The molecule has 0 spiro atoms.